The van der Waals surface area contributed by atoms with E-state index in [0.29, 0.717) is 19.4 Å². The molecule has 2 rings (SSSR count). The molecule has 8 nitrogen and oxygen atoms in total. The zero-order valence-corrected chi connectivity index (χ0v) is 13.8. The summed E-state index contributed by atoms with van der Waals surface area (Å²) in [6.07, 6.45) is -0.431. The molecular weight excluding hydrogens is 316 g/mol. The van der Waals surface area contributed by atoms with E-state index in [1.165, 1.54) is 23.1 Å². The fraction of sp³-hybridized carbons (Fsp3) is 0.562. The van der Waals surface area contributed by atoms with Gasteiger partial charge in [0, 0.05) is 12.7 Å². The molecule has 0 bridgehead atoms. The molecule has 0 aromatic heterocycles. The van der Waals surface area contributed by atoms with Crippen LogP contribution in [0.5, 0.6) is 0 Å². The number of para-hydroxylation sites is 1. The molecular formula is C16H22N2O6. The smallest absolute Gasteiger partial charge is 0.282 e. The zero-order chi connectivity index (χ0) is 17.7. The Hall–Kier alpha value is -2.03. The van der Waals surface area contributed by atoms with Crippen LogP contribution >= 0.6 is 0 Å². The minimum absolute atomic E-state index is 0.0358. The van der Waals surface area contributed by atoms with Crippen LogP contribution in [0.2, 0.25) is 0 Å². The molecule has 1 saturated heterocycles. The minimum Gasteiger partial charge on any atom is -0.374 e. The summed E-state index contributed by atoms with van der Waals surface area (Å²) in [5, 5.41) is 21.3. The minimum atomic E-state index is -0.978. The number of amides is 1. The van der Waals surface area contributed by atoms with E-state index in [1.807, 2.05) is 6.92 Å². The molecule has 1 fully saturated rings. The fourth-order valence-corrected chi connectivity index (χ4v) is 2.81. The highest BCUT2D eigenvalue weighted by Crippen LogP contribution is 2.28. The highest BCUT2D eigenvalue weighted by Gasteiger charge is 2.38. The lowest BCUT2D eigenvalue weighted by Crippen LogP contribution is -2.44. The molecule has 132 valence electrons. The number of aliphatic hydroxyl groups is 1. The highest BCUT2D eigenvalue weighted by atomic mass is 16.7. The van der Waals surface area contributed by atoms with E-state index in [-0.39, 0.29) is 23.9 Å². The Labute approximate surface area is 140 Å². The summed E-state index contributed by atoms with van der Waals surface area (Å²) >= 11 is 0. The van der Waals surface area contributed by atoms with Crippen LogP contribution in [-0.2, 0) is 9.47 Å². The van der Waals surface area contributed by atoms with E-state index >= 15 is 0 Å². The van der Waals surface area contributed by atoms with Crippen LogP contribution in [0.3, 0.4) is 0 Å². The standard InChI is InChI=1S/C16H22N2O6/c1-3-23-11(2)24-10-12-8-9-15(19)17(12)16(20)13-6-4-5-7-14(13)18(21)22/h4-7,11-12,15,19H,3,8-10H2,1-2H3. The number of benzene rings is 1. The summed E-state index contributed by atoms with van der Waals surface area (Å²) in [5.41, 5.74) is -0.310. The maximum atomic E-state index is 12.7. The van der Waals surface area contributed by atoms with Gasteiger partial charge < -0.3 is 19.5 Å². The Bertz CT molecular complexity index is 594. The van der Waals surface area contributed by atoms with Crippen molar-refractivity contribution < 1.29 is 24.3 Å². The van der Waals surface area contributed by atoms with E-state index < -0.39 is 23.3 Å². The molecule has 1 heterocycles. The van der Waals surface area contributed by atoms with Crippen LogP contribution in [0.4, 0.5) is 5.69 Å². The average Bonchev–Trinajstić information content (AvgIpc) is 2.93. The molecule has 3 unspecified atom stereocenters. The third-order valence-electron chi connectivity index (χ3n) is 3.96. The molecule has 1 N–H and O–H groups in total. The van der Waals surface area contributed by atoms with E-state index in [9.17, 15) is 20.0 Å². The van der Waals surface area contributed by atoms with Gasteiger partial charge in [0.25, 0.3) is 11.6 Å². The van der Waals surface area contributed by atoms with Gasteiger partial charge in [0.05, 0.1) is 17.6 Å². The van der Waals surface area contributed by atoms with Gasteiger partial charge >= 0.3 is 0 Å². The third-order valence-corrected chi connectivity index (χ3v) is 3.96. The molecule has 1 aromatic carbocycles. The Morgan fingerprint density at radius 2 is 2.12 bits per heavy atom. The summed E-state index contributed by atoms with van der Waals surface area (Å²) in [7, 11) is 0. The summed E-state index contributed by atoms with van der Waals surface area (Å²) < 4.78 is 10.8. The van der Waals surface area contributed by atoms with Crippen molar-refractivity contribution in [2.24, 2.45) is 0 Å². The first-order chi connectivity index (χ1) is 11.5. The molecule has 0 saturated carbocycles. The van der Waals surface area contributed by atoms with Gasteiger partial charge in [0.1, 0.15) is 11.8 Å². The number of carbonyl (C=O) groups excluding carboxylic acids is 1. The predicted octanol–water partition coefficient (Wildman–Crippen LogP) is 1.92. The Morgan fingerprint density at radius 1 is 1.42 bits per heavy atom. The first-order valence-corrected chi connectivity index (χ1v) is 7.93. The molecule has 1 aliphatic heterocycles. The second kappa shape index (κ2) is 8.18. The molecule has 1 amide bonds. The van der Waals surface area contributed by atoms with Crippen molar-refractivity contribution >= 4 is 11.6 Å². The second-order valence-corrected chi connectivity index (χ2v) is 5.55. The normalized spacial score (nSPS) is 21.7. The van der Waals surface area contributed by atoms with E-state index in [0.717, 1.165) is 0 Å². The first-order valence-electron chi connectivity index (χ1n) is 7.93. The SMILES string of the molecule is CCOC(C)OCC1CCC(O)N1C(=O)c1ccccc1[N+](=O)[O-]. The fourth-order valence-electron chi connectivity index (χ4n) is 2.81. The van der Waals surface area contributed by atoms with Crippen molar-refractivity contribution in [2.45, 2.75) is 45.2 Å². The lowest BCUT2D eigenvalue weighted by Gasteiger charge is -2.28. The number of hydrogen-bond acceptors (Lipinski definition) is 6. The van der Waals surface area contributed by atoms with Gasteiger partial charge in [-0.05, 0) is 32.8 Å². The highest BCUT2D eigenvalue weighted by molar-refractivity contribution is 5.98. The van der Waals surface area contributed by atoms with Crippen LogP contribution in [0.15, 0.2) is 24.3 Å². The van der Waals surface area contributed by atoms with Crippen molar-refractivity contribution in [3.8, 4) is 0 Å². The number of nitrogens with zero attached hydrogens (tertiary/aromatic N) is 2. The maximum Gasteiger partial charge on any atom is 0.282 e. The van der Waals surface area contributed by atoms with Crippen LogP contribution in [0, 0.1) is 10.1 Å². The monoisotopic (exact) mass is 338 g/mol. The van der Waals surface area contributed by atoms with Crippen molar-refractivity contribution in [1.29, 1.82) is 0 Å². The Morgan fingerprint density at radius 3 is 2.79 bits per heavy atom. The molecule has 0 aliphatic carbocycles. The Balaban J connectivity index is 2.15. The van der Waals surface area contributed by atoms with Gasteiger partial charge in [-0.1, -0.05) is 12.1 Å². The number of rotatable bonds is 7. The molecule has 3 atom stereocenters. The average molecular weight is 338 g/mol. The largest absolute Gasteiger partial charge is 0.374 e. The van der Waals surface area contributed by atoms with Gasteiger partial charge in [-0.25, -0.2) is 0 Å². The van der Waals surface area contributed by atoms with Crippen LogP contribution < -0.4 is 0 Å². The number of carbonyl (C=O) groups is 1. The van der Waals surface area contributed by atoms with Gasteiger partial charge in [-0.2, -0.15) is 0 Å². The molecule has 8 heteroatoms. The van der Waals surface area contributed by atoms with Gasteiger partial charge in [-0.15, -0.1) is 0 Å². The van der Waals surface area contributed by atoms with Crippen LogP contribution in [0.1, 0.15) is 37.0 Å². The van der Waals surface area contributed by atoms with Crippen LogP contribution in [0.25, 0.3) is 0 Å². The van der Waals surface area contributed by atoms with E-state index in [1.54, 1.807) is 13.0 Å². The summed E-state index contributed by atoms with van der Waals surface area (Å²) in [5.74, 6) is -0.565. The molecule has 1 aromatic rings. The number of aliphatic hydroxyl groups excluding tert-OH is 1. The predicted molar refractivity (Wildman–Crippen MR) is 85.3 cm³/mol. The number of nitro benzene ring substituents is 1. The van der Waals surface area contributed by atoms with Crippen LogP contribution in [-0.4, -0.2) is 52.6 Å². The molecule has 0 spiro atoms. The van der Waals surface area contributed by atoms with E-state index in [4.69, 9.17) is 9.47 Å². The Kier molecular flexibility index (Phi) is 6.24. The topological polar surface area (TPSA) is 102 Å². The van der Waals surface area contributed by atoms with Crippen molar-refractivity contribution in [2.75, 3.05) is 13.2 Å². The molecule has 0 radical (unpaired) electrons. The quantitative estimate of drug-likeness (QED) is 0.463. The van der Waals surface area contributed by atoms with Crippen molar-refractivity contribution in [3.63, 3.8) is 0 Å². The number of nitro groups is 1. The van der Waals surface area contributed by atoms with Gasteiger partial charge in [-0.3, -0.25) is 14.9 Å². The molecule has 24 heavy (non-hydrogen) atoms. The van der Waals surface area contributed by atoms with Crippen molar-refractivity contribution in [3.05, 3.63) is 39.9 Å². The lowest BCUT2D eigenvalue weighted by atomic mass is 10.1. The summed E-state index contributed by atoms with van der Waals surface area (Å²) in [6.45, 7) is 4.31. The van der Waals surface area contributed by atoms with E-state index in [2.05, 4.69) is 0 Å². The number of likely N-dealkylation sites (tertiary alicyclic amines) is 1. The van der Waals surface area contributed by atoms with Crippen molar-refractivity contribution in [1.82, 2.24) is 4.90 Å². The number of hydrogen-bond donors (Lipinski definition) is 1. The first kappa shape index (κ1) is 18.3. The zero-order valence-electron chi connectivity index (χ0n) is 13.8. The van der Waals surface area contributed by atoms with Gasteiger partial charge in [0.15, 0.2) is 6.29 Å². The summed E-state index contributed by atoms with van der Waals surface area (Å²) in [4.78, 5) is 24.5. The lowest BCUT2D eigenvalue weighted by molar-refractivity contribution is -0.385. The maximum absolute atomic E-state index is 12.7. The molecule has 1 aliphatic rings. The number of ether oxygens (including phenoxy) is 2. The second-order valence-electron chi connectivity index (χ2n) is 5.55. The van der Waals surface area contributed by atoms with Gasteiger partial charge in [0.2, 0.25) is 0 Å². The third kappa shape index (κ3) is 4.08. The summed E-state index contributed by atoms with van der Waals surface area (Å²) in [6, 6.07) is 5.38.